The molecular formula is C33H32F2O2. The summed E-state index contributed by atoms with van der Waals surface area (Å²) in [5, 5.41) is 0. The Labute approximate surface area is 218 Å². The minimum atomic E-state index is -1.01. The predicted octanol–water partition coefficient (Wildman–Crippen LogP) is 9.52. The van der Waals surface area contributed by atoms with Crippen LogP contribution in [0, 0.1) is 11.6 Å². The van der Waals surface area contributed by atoms with E-state index in [0.29, 0.717) is 12.2 Å². The molecule has 0 aliphatic carbocycles. The second-order valence-electron chi connectivity index (χ2n) is 8.99. The maximum atomic E-state index is 14.6. The molecule has 0 radical (unpaired) electrons. The molecule has 0 heterocycles. The van der Waals surface area contributed by atoms with E-state index in [1.165, 1.54) is 48.8 Å². The fourth-order valence-electron chi connectivity index (χ4n) is 4.12. The molecule has 0 bridgehead atoms. The fourth-order valence-corrected chi connectivity index (χ4v) is 4.12. The van der Waals surface area contributed by atoms with Gasteiger partial charge in [-0.2, -0.15) is 4.39 Å². The number of aryl methyl sites for hydroxylation is 1. The molecule has 37 heavy (non-hydrogen) atoms. The van der Waals surface area contributed by atoms with Gasteiger partial charge in [-0.1, -0.05) is 86.5 Å². The average Bonchev–Trinajstić information content (AvgIpc) is 2.94. The highest BCUT2D eigenvalue weighted by Gasteiger charge is 2.15. The highest BCUT2D eigenvalue weighted by Crippen LogP contribution is 2.30. The van der Waals surface area contributed by atoms with E-state index in [-0.39, 0.29) is 11.3 Å². The van der Waals surface area contributed by atoms with Crippen LogP contribution in [0.4, 0.5) is 8.78 Å². The summed E-state index contributed by atoms with van der Waals surface area (Å²) in [6.07, 6.45) is 7.79. The van der Waals surface area contributed by atoms with Gasteiger partial charge in [0.15, 0.2) is 11.6 Å². The first-order valence-corrected chi connectivity index (χ1v) is 12.8. The van der Waals surface area contributed by atoms with E-state index in [2.05, 4.69) is 43.3 Å². The number of benzene rings is 4. The van der Waals surface area contributed by atoms with Gasteiger partial charge in [-0.15, -0.1) is 0 Å². The summed E-state index contributed by atoms with van der Waals surface area (Å²) in [4.78, 5) is 0. The molecule has 0 atom stereocenters. The topological polar surface area (TPSA) is 18.5 Å². The van der Waals surface area contributed by atoms with Crippen LogP contribution >= 0.6 is 0 Å². The Bertz CT molecular complexity index is 1310. The summed E-state index contributed by atoms with van der Waals surface area (Å²) in [5.74, 6) is -1.31. The van der Waals surface area contributed by atoms with Crippen molar-refractivity contribution in [2.75, 3.05) is 0 Å². The number of allylic oxidation sites excluding steroid dienone is 1. The molecule has 0 aliphatic heterocycles. The summed E-state index contributed by atoms with van der Waals surface area (Å²) < 4.78 is 39.9. The lowest BCUT2D eigenvalue weighted by Crippen LogP contribution is -1.97. The molecular weight excluding hydrogens is 466 g/mol. The number of hydrogen-bond donors (Lipinski definition) is 0. The van der Waals surface area contributed by atoms with Crippen molar-refractivity contribution in [2.45, 2.75) is 46.1 Å². The zero-order valence-electron chi connectivity index (χ0n) is 21.3. The monoisotopic (exact) mass is 498 g/mol. The van der Waals surface area contributed by atoms with Crippen molar-refractivity contribution < 1.29 is 18.3 Å². The van der Waals surface area contributed by atoms with Crippen LogP contribution in [0.1, 0.15) is 44.2 Å². The first-order valence-electron chi connectivity index (χ1n) is 12.8. The molecule has 0 aromatic heterocycles. The molecule has 0 fully saturated rings. The predicted molar refractivity (Wildman–Crippen MR) is 147 cm³/mol. The molecule has 2 nitrogen and oxygen atoms in total. The zero-order valence-corrected chi connectivity index (χ0v) is 21.3. The summed E-state index contributed by atoms with van der Waals surface area (Å²) in [6.45, 7) is 4.33. The lowest BCUT2D eigenvalue weighted by molar-refractivity contribution is 0.306. The van der Waals surface area contributed by atoms with E-state index in [1.54, 1.807) is 25.1 Å². The van der Waals surface area contributed by atoms with Crippen molar-refractivity contribution in [3.05, 3.63) is 120 Å². The SMILES string of the molecule is C/C=C/Oc1ccc(-c2ccc(COc3ccc(-c4ccc(CCCCC)cc4)cc3)cc2)c(F)c1F. The Morgan fingerprint density at radius 3 is 1.95 bits per heavy atom. The Kier molecular flexibility index (Phi) is 9.09. The third-order valence-electron chi connectivity index (χ3n) is 6.26. The van der Waals surface area contributed by atoms with E-state index in [0.717, 1.165) is 23.3 Å². The largest absolute Gasteiger partial charge is 0.489 e. The molecule has 0 amide bonds. The van der Waals surface area contributed by atoms with Gasteiger partial charge in [0.1, 0.15) is 12.4 Å². The smallest absolute Gasteiger partial charge is 0.201 e. The van der Waals surface area contributed by atoms with Crippen LogP contribution in [-0.4, -0.2) is 0 Å². The fraction of sp³-hybridized carbons (Fsp3) is 0.212. The van der Waals surface area contributed by atoms with Crippen LogP contribution in [0.2, 0.25) is 0 Å². The average molecular weight is 499 g/mol. The Hall–Kier alpha value is -3.92. The van der Waals surface area contributed by atoms with Gasteiger partial charge in [-0.3, -0.25) is 0 Å². The Morgan fingerprint density at radius 2 is 1.30 bits per heavy atom. The third kappa shape index (κ3) is 6.85. The quantitative estimate of drug-likeness (QED) is 0.151. The van der Waals surface area contributed by atoms with E-state index in [9.17, 15) is 8.78 Å². The van der Waals surface area contributed by atoms with E-state index in [4.69, 9.17) is 9.47 Å². The van der Waals surface area contributed by atoms with Crippen LogP contribution in [-0.2, 0) is 13.0 Å². The number of rotatable bonds is 11. The van der Waals surface area contributed by atoms with Crippen LogP contribution in [0.5, 0.6) is 11.5 Å². The summed E-state index contributed by atoms with van der Waals surface area (Å²) in [7, 11) is 0. The van der Waals surface area contributed by atoms with Crippen molar-refractivity contribution in [3.63, 3.8) is 0 Å². The normalized spacial score (nSPS) is 11.1. The molecule has 0 aliphatic rings. The van der Waals surface area contributed by atoms with Crippen molar-refractivity contribution in [3.8, 4) is 33.8 Å². The number of hydrogen-bond acceptors (Lipinski definition) is 2. The molecule has 190 valence electrons. The van der Waals surface area contributed by atoms with Gasteiger partial charge in [0.2, 0.25) is 5.82 Å². The van der Waals surface area contributed by atoms with E-state index in [1.807, 2.05) is 24.3 Å². The molecule has 0 N–H and O–H groups in total. The van der Waals surface area contributed by atoms with Gasteiger partial charge >= 0.3 is 0 Å². The first-order chi connectivity index (χ1) is 18.1. The maximum Gasteiger partial charge on any atom is 0.201 e. The van der Waals surface area contributed by atoms with Gasteiger partial charge in [0, 0.05) is 5.56 Å². The van der Waals surface area contributed by atoms with Crippen molar-refractivity contribution in [1.29, 1.82) is 0 Å². The lowest BCUT2D eigenvalue weighted by atomic mass is 10.0. The van der Waals surface area contributed by atoms with Crippen LogP contribution in [0.25, 0.3) is 22.3 Å². The molecule has 0 saturated carbocycles. The molecule has 4 rings (SSSR count). The second kappa shape index (κ2) is 12.9. The third-order valence-corrected chi connectivity index (χ3v) is 6.26. The standard InChI is InChI=1S/C33H32F2O2/c1-3-5-6-7-24-8-12-26(13-9-24)27-16-18-29(19-17-27)37-23-25-10-14-28(15-11-25)30-20-21-31(36-22-4-2)33(35)32(30)34/h4,8-22H,3,5-7,23H2,1-2H3/b22-4+. The highest BCUT2D eigenvalue weighted by molar-refractivity contribution is 5.66. The van der Waals surface area contributed by atoms with Gasteiger partial charge in [-0.05, 0) is 71.8 Å². The highest BCUT2D eigenvalue weighted by atomic mass is 19.2. The summed E-state index contributed by atoms with van der Waals surface area (Å²) >= 11 is 0. The molecule has 0 spiro atoms. The van der Waals surface area contributed by atoms with E-state index >= 15 is 0 Å². The first kappa shape index (κ1) is 26.2. The lowest BCUT2D eigenvalue weighted by Gasteiger charge is -2.10. The van der Waals surface area contributed by atoms with E-state index < -0.39 is 11.6 Å². The molecule has 0 unspecified atom stereocenters. The van der Waals surface area contributed by atoms with Crippen LogP contribution in [0.3, 0.4) is 0 Å². The number of ether oxygens (including phenoxy) is 2. The van der Waals surface area contributed by atoms with Crippen molar-refractivity contribution >= 4 is 0 Å². The van der Waals surface area contributed by atoms with Crippen molar-refractivity contribution in [2.24, 2.45) is 0 Å². The van der Waals surface area contributed by atoms with Gasteiger partial charge in [0.25, 0.3) is 0 Å². The zero-order chi connectivity index (χ0) is 26.0. The van der Waals surface area contributed by atoms with Crippen LogP contribution in [0.15, 0.2) is 97.3 Å². The van der Waals surface area contributed by atoms with Gasteiger partial charge < -0.3 is 9.47 Å². The summed E-state index contributed by atoms with van der Waals surface area (Å²) in [5.41, 5.74) is 5.41. The van der Waals surface area contributed by atoms with Gasteiger partial charge in [-0.25, -0.2) is 4.39 Å². The number of halogens is 2. The minimum absolute atomic E-state index is 0.144. The maximum absolute atomic E-state index is 14.6. The van der Waals surface area contributed by atoms with Gasteiger partial charge in [0.05, 0.1) is 6.26 Å². The molecule has 4 heteroatoms. The second-order valence-corrected chi connectivity index (χ2v) is 8.99. The minimum Gasteiger partial charge on any atom is -0.489 e. The number of unbranched alkanes of at least 4 members (excludes halogenated alkanes) is 2. The van der Waals surface area contributed by atoms with Crippen molar-refractivity contribution in [1.82, 2.24) is 0 Å². The Balaban J connectivity index is 1.35. The van der Waals surface area contributed by atoms with Crippen LogP contribution < -0.4 is 9.47 Å². The molecule has 0 saturated heterocycles. The summed E-state index contributed by atoms with van der Waals surface area (Å²) in [6, 6.07) is 27.0. The molecule has 4 aromatic rings. The molecule has 4 aromatic carbocycles. The Morgan fingerprint density at radius 1 is 0.676 bits per heavy atom.